The van der Waals surface area contributed by atoms with Crippen molar-refractivity contribution in [2.24, 2.45) is 16.6 Å². The lowest BCUT2D eigenvalue weighted by molar-refractivity contribution is 0.211. The van der Waals surface area contributed by atoms with Gasteiger partial charge in [0.05, 0.1) is 5.76 Å². The molecular weight excluding hydrogens is 232 g/mol. The van der Waals surface area contributed by atoms with E-state index >= 15 is 0 Å². The lowest BCUT2D eigenvalue weighted by Crippen LogP contribution is -2.14. The van der Waals surface area contributed by atoms with Crippen LogP contribution in [0.3, 0.4) is 0 Å². The van der Waals surface area contributed by atoms with E-state index in [1.165, 1.54) is 6.08 Å². The fraction of sp³-hybridized carbons (Fsp3) is 0.231. The number of aliphatic hydroxyl groups is 1. The number of hydrogen-bond donors (Lipinski definition) is 2. The molecule has 1 aliphatic rings. The summed E-state index contributed by atoms with van der Waals surface area (Å²) < 4.78 is 4.93. The number of benzene rings is 1. The lowest BCUT2D eigenvalue weighted by atomic mass is 10.3. The van der Waals surface area contributed by atoms with Gasteiger partial charge in [-0.15, -0.1) is 0 Å². The molecule has 2 rings (SSSR count). The lowest BCUT2D eigenvalue weighted by Gasteiger charge is -2.00. The molecule has 0 unspecified atom stereocenters. The molecule has 0 heterocycles. The van der Waals surface area contributed by atoms with Crippen molar-refractivity contribution in [1.82, 2.24) is 0 Å². The molecule has 0 saturated heterocycles. The number of rotatable bonds is 3. The van der Waals surface area contributed by atoms with Crippen LogP contribution in [0.5, 0.6) is 5.75 Å². The Balaban J connectivity index is 0.00000180. The van der Waals surface area contributed by atoms with Crippen molar-refractivity contribution in [3.8, 4) is 5.75 Å². The Morgan fingerprint density at radius 1 is 1.44 bits per heavy atom. The van der Waals surface area contributed by atoms with Crippen LogP contribution in [0.25, 0.3) is 0 Å². The number of para-hydroxylation sites is 1. The van der Waals surface area contributed by atoms with Crippen molar-refractivity contribution >= 4 is 11.9 Å². The average Bonchev–Trinajstić information content (AvgIpc) is 3.13. The third-order valence-corrected chi connectivity index (χ3v) is 2.46. The summed E-state index contributed by atoms with van der Waals surface area (Å²) in [6.45, 7) is 0. The van der Waals surface area contributed by atoms with Gasteiger partial charge in [0.15, 0.2) is 0 Å². The zero-order valence-corrected chi connectivity index (χ0v) is 9.74. The molecule has 1 aliphatic carbocycles. The third-order valence-electron chi connectivity index (χ3n) is 2.46. The highest BCUT2D eigenvalue weighted by Gasteiger charge is 2.25. The van der Waals surface area contributed by atoms with Crippen LogP contribution < -0.4 is 10.5 Å². The summed E-state index contributed by atoms with van der Waals surface area (Å²) in [6.07, 6.45) is 2.39. The molecule has 1 fully saturated rings. The summed E-state index contributed by atoms with van der Waals surface area (Å²) in [5.74, 6) is 0.683. The zero-order valence-electron chi connectivity index (χ0n) is 9.74. The first kappa shape index (κ1) is 12.2. The topological polar surface area (TPSA) is 84.9 Å². The van der Waals surface area contributed by atoms with Gasteiger partial charge in [0.1, 0.15) is 11.6 Å². The van der Waals surface area contributed by atoms with Gasteiger partial charge in [-0.25, -0.2) is 4.79 Å². The minimum atomic E-state index is -0.807. The summed E-state index contributed by atoms with van der Waals surface area (Å²) in [4.78, 5) is 14.9. The highest BCUT2D eigenvalue weighted by atomic mass is 16.5. The smallest absolute Gasteiger partial charge is 0.441 e. The number of carbonyl (C=O) groups excluding carboxylic acids is 1. The normalized spacial score (nSPS) is 16.4. The Morgan fingerprint density at radius 2 is 2.11 bits per heavy atom. The summed E-state index contributed by atoms with van der Waals surface area (Å²) in [5, 5.41) is 9.51. The van der Waals surface area contributed by atoms with Gasteiger partial charge in [0, 0.05) is 13.4 Å². The number of allylic oxidation sites excluding steroid dienone is 1. The van der Waals surface area contributed by atoms with Crippen molar-refractivity contribution in [2.75, 3.05) is 0 Å². The Labute approximate surface area is 106 Å². The maximum atomic E-state index is 11.4. The molecule has 1 aromatic carbocycles. The molecule has 96 valence electrons. The summed E-state index contributed by atoms with van der Waals surface area (Å²) in [6, 6.07) is 8.58. The summed E-state index contributed by atoms with van der Waals surface area (Å²) in [7, 11) is 0. The molecule has 18 heavy (non-hydrogen) atoms. The fourth-order valence-corrected chi connectivity index (χ4v) is 1.40. The van der Waals surface area contributed by atoms with E-state index in [2.05, 4.69) is 4.99 Å². The maximum Gasteiger partial charge on any atom is 0.441 e. The van der Waals surface area contributed by atoms with Crippen LogP contribution in [-0.4, -0.2) is 17.0 Å². The van der Waals surface area contributed by atoms with Gasteiger partial charge in [-0.05, 0) is 25.0 Å². The van der Waals surface area contributed by atoms with Gasteiger partial charge in [-0.2, -0.15) is 4.99 Å². The second-order valence-corrected chi connectivity index (χ2v) is 4.06. The van der Waals surface area contributed by atoms with E-state index in [1.807, 2.05) is 6.07 Å². The largest absolute Gasteiger partial charge is 0.512 e. The van der Waals surface area contributed by atoms with Crippen LogP contribution in [-0.2, 0) is 0 Å². The molecule has 1 aromatic rings. The first-order valence-corrected chi connectivity index (χ1v) is 5.67. The van der Waals surface area contributed by atoms with Crippen LogP contribution in [0.1, 0.15) is 14.3 Å². The van der Waals surface area contributed by atoms with Crippen LogP contribution >= 0.6 is 0 Å². The number of nitrogens with zero attached hydrogens (tertiary/aromatic N) is 1. The second-order valence-electron chi connectivity index (χ2n) is 4.06. The molecule has 5 nitrogen and oxygen atoms in total. The second kappa shape index (κ2) is 5.35. The predicted octanol–water partition coefficient (Wildman–Crippen LogP) is 2.64. The Hall–Kier alpha value is -2.30. The van der Waals surface area contributed by atoms with Crippen molar-refractivity contribution in [1.29, 1.82) is 0 Å². The van der Waals surface area contributed by atoms with Crippen LogP contribution in [0.2, 0.25) is 0 Å². The van der Waals surface area contributed by atoms with Gasteiger partial charge in [0.25, 0.3) is 0 Å². The number of amidine groups is 1. The molecule has 0 atom stereocenters. The maximum absolute atomic E-state index is 11.4. The molecule has 3 N–H and O–H groups in total. The van der Waals surface area contributed by atoms with Crippen LogP contribution in [0.15, 0.2) is 47.2 Å². The molecule has 5 heteroatoms. The Bertz CT molecular complexity index is 496. The molecule has 0 bridgehead atoms. The van der Waals surface area contributed by atoms with Gasteiger partial charge in [-0.3, -0.25) is 0 Å². The van der Waals surface area contributed by atoms with Gasteiger partial charge in [-0.1, -0.05) is 18.2 Å². The minimum Gasteiger partial charge on any atom is -0.512 e. The fourth-order valence-electron chi connectivity index (χ4n) is 1.40. The predicted molar refractivity (Wildman–Crippen MR) is 69.6 cm³/mol. The van der Waals surface area contributed by atoms with E-state index in [1.54, 1.807) is 24.3 Å². The number of amides is 1. The van der Waals surface area contributed by atoms with E-state index in [4.69, 9.17) is 10.5 Å². The number of nitrogens with two attached hydrogens (primary N) is 1. The van der Waals surface area contributed by atoms with Crippen LogP contribution in [0.4, 0.5) is 4.79 Å². The Kier molecular flexibility index (Phi) is 3.62. The third kappa shape index (κ3) is 3.62. The van der Waals surface area contributed by atoms with Crippen molar-refractivity contribution in [3.05, 3.63) is 42.2 Å². The van der Waals surface area contributed by atoms with E-state index in [9.17, 15) is 9.90 Å². The number of hydrogen-bond acceptors (Lipinski definition) is 3. The zero-order chi connectivity index (χ0) is 13.0. The first-order valence-electron chi connectivity index (χ1n) is 5.67. The van der Waals surface area contributed by atoms with Crippen molar-refractivity contribution in [3.63, 3.8) is 0 Å². The molecule has 0 spiro atoms. The van der Waals surface area contributed by atoms with Gasteiger partial charge < -0.3 is 15.6 Å². The molecular formula is C13H16N2O3. The quantitative estimate of drug-likeness (QED) is 0.489. The molecule has 1 saturated carbocycles. The Morgan fingerprint density at radius 3 is 2.72 bits per heavy atom. The summed E-state index contributed by atoms with van der Waals surface area (Å²) in [5.41, 5.74) is 5.51. The van der Waals surface area contributed by atoms with E-state index in [0.717, 1.165) is 12.8 Å². The number of aliphatic imine (C=N–C) groups is 1. The molecule has 0 radical (unpaired) electrons. The van der Waals surface area contributed by atoms with E-state index < -0.39 is 6.09 Å². The van der Waals surface area contributed by atoms with Gasteiger partial charge >= 0.3 is 6.09 Å². The van der Waals surface area contributed by atoms with E-state index in [0.29, 0.717) is 5.75 Å². The number of aliphatic hydroxyl groups excluding tert-OH is 1. The number of ether oxygens (including phenoxy) is 1. The average molecular weight is 248 g/mol. The van der Waals surface area contributed by atoms with Crippen molar-refractivity contribution < 1.29 is 16.1 Å². The van der Waals surface area contributed by atoms with Crippen molar-refractivity contribution in [2.45, 2.75) is 12.8 Å². The van der Waals surface area contributed by atoms with E-state index in [-0.39, 0.29) is 18.9 Å². The molecule has 0 aromatic heterocycles. The van der Waals surface area contributed by atoms with Crippen LogP contribution in [0, 0.1) is 5.92 Å². The minimum absolute atomic E-state index is 0. The molecule has 1 amide bonds. The molecule has 0 aliphatic heterocycles. The monoisotopic (exact) mass is 248 g/mol. The first-order chi connectivity index (χ1) is 8.65. The highest BCUT2D eigenvalue weighted by molar-refractivity contribution is 5.98. The standard InChI is InChI=1S/C13H14N2O3.H2/c14-12(8-11(16)9-6-7-9)15-13(17)18-10-4-2-1-3-5-10;/h1-5,8-9,16H,6-7H2,(H2,14,15,17);1H/b11-8-;. The summed E-state index contributed by atoms with van der Waals surface area (Å²) >= 11 is 0. The van der Waals surface area contributed by atoms with Gasteiger partial charge in [0.2, 0.25) is 0 Å². The number of carbonyl (C=O) groups is 1. The SMILES string of the molecule is NC(/C=C(\O)C1CC1)=N/C(=O)Oc1ccccc1.[HH]. The highest BCUT2D eigenvalue weighted by Crippen LogP contribution is 2.34.